The molecule has 0 spiro atoms. The third-order valence-electron chi connectivity index (χ3n) is 2.43. The van der Waals surface area contributed by atoms with E-state index in [-0.39, 0.29) is 5.82 Å². The summed E-state index contributed by atoms with van der Waals surface area (Å²) in [6.45, 7) is 2.85. The molecule has 0 fully saturated rings. The Hall–Kier alpha value is -0.570. The van der Waals surface area contributed by atoms with E-state index in [4.69, 9.17) is 0 Å². The molecule has 1 unspecified atom stereocenters. The molecule has 0 aromatic heterocycles. The number of hydrogen-bond donors (Lipinski definition) is 1. The minimum Gasteiger partial charge on any atom is -0.382 e. The molecule has 0 bridgehead atoms. The Morgan fingerprint density at radius 2 is 2.31 bits per heavy atom. The lowest BCUT2D eigenvalue weighted by molar-refractivity contribution is 0.621. The molecule has 1 atom stereocenters. The normalized spacial score (nSPS) is 20.7. The van der Waals surface area contributed by atoms with E-state index in [0.29, 0.717) is 10.5 Å². The number of aryl methyl sites for hydroxylation is 1. The van der Waals surface area contributed by atoms with Crippen LogP contribution in [-0.4, -0.2) is 6.54 Å². The summed E-state index contributed by atoms with van der Waals surface area (Å²) in [6, 6.07) is 3.35. The first-order chi connectivity index (χ1) is 6.20. The zero-order valence-electron chi connectivity index (χ0n) is 7.40. The number of halogens is 2. The van der Waals surface area contributed by atoms with Crippen molar-refractivity contribution in [1.29, 1.82) is 0 Å². The molecule has 0 saturated carbocycles. The van der Waals surface area contributed by atoms with Gasteiger partial charge in [-0.05, 0) is 30.5 Å². The van der Waals surface area contributed by atoms with Gasteiger partial charge in [0.2, 0.25) is 0 Å². The summed E-state index contributed by atoms with van der Waals surface area (Å²) in [5.74, 6) is -0.148. The van der Waals surface area contributed by atoms with Gasteiger partial charge < -0.3 is 5.32 Å². The second-order valence-electron chi connectivity index (χ2n) is 3.34. The van der Waals surface area contributed by atoms with E-state index < -0.39 is 0 Å². The molecule has 1 heterocycles. The Kier molecular flexibility index (Phi) is 2.28. The largest absolute Gasteiger partial charge is 0.382 e. The van der Waals surface area contributed by atoms with Crippen LogP contribution in [0.1, 0.15) is 22.4 Å². The number of hydrogen-bond acceptors (Lipinski definition) is 1. The van der Waals surface area contributed by atoms with E-state index >= 15 is 0 Å². The number of nitrogens with one attached hydrogen (secondary N) is 1. The van der Waals surface area contributed by atoms with Crippen molar-refractivity contribution in [2.45, 2.75) is 18.2 Å². The Bertz CT molecular complexity index is 338. The van der Waals surface area contributed by atoms with Gasteiger partial charge in [-0.25, -0.2) is 4.39 Å². The maximum atomic E-state index is 13.3. The van der Waals surface area contributed by atoms with E-state index in [1.807, 2.05) is 13.0 Å². The first-order valence-electron chi connectivity index (χ1n) is 4.37. The van der Waals surface area contributed by atoms with Crippen LogP contribution in [0, 0.1) is 12.7 Å². The summed E-state index contributed by atoms with van der Waals surface area (Å²) < 4.78 is 13.3. The fourth-order valence-corrected chi connectivity index (χ4v) is 2.57. The quantitative estimate of drug-likeness (QED) is 0.690. The van der Waals surface area contributed by atoms with Crippen molar-refractivity contribution in [2.75, 3.05) is 11.9 Å². The number of rotatable bonds is 0. The van der Waals surface area contributed by atoms with Gasteiger partial charge in [0.25, 0.3) is 0 Å². The smallest absolute Gasteiger partial charge is 0.146 e. The summed E-state index contributed by atoms with van der Waals surface area (Å²) in [5.41, 5.74) is 2.89. The lowest BCUT2D eigenvalue weighted by Gasteiger charge is -2.24. The highest BCUT2D eigenvalue weighted by Crippen LogP contribution is 2.39. The summed E-state index contributed by atoms with van der Waals surface area (Å²) in [7, 11) is 0. The highest BCUT2D eigenvalue weighted by Gasteiger charge is 2.21. The van der Waals surface area contributed by atoms with Gasteiger partial charge in [0, 0.05) is 11.4 Å². The van der Waals surface area contributed by atoms with Crippen LogP contribution in [0.3, 0.4) is 0 Å². The highest BCUT2D eigenvalue weighted by molar-refractivity contribution is 9.09. The average molecular weight is 244 g/mol. The van der Waals surface area contributed by atoms with E-state index in [1.165, 1.54) is 6.07 Å². The van der Waals surface area contributed by atoms with Crippen LogP contribution in [0.2, 0.25) is 0 Å². The summed E-state index contributed by atoms with van der Waals surface area (Å²) in [5, 5.41) is 3.10. The molecule has 1 aliphatic rings. The number of fused-ring (bicyclic) bond motifs is 1. The molecule has 0 aliphatic carbocycles. The van der Waals surface area contributed by atoms with Gasteiger partial charge in [-0.1, -0.05) is 22.0 Å². The number of alkyl halides is 1. The lowest BCUT2D eigenvalue weighted by Crippen LogP contribution is -2.16. The zero-order valence-corrected chi connectivity index (χ0v) is 8.99. The van der Waals surface area contributed by atoms with Crippen molar-refractivity contribution in [3.8, 4) is 0 Å². The van der Waals surface area contributed by atoms with Gasteiger partial charge in [0.15, 0.2) is 0 Å². The predicted octanol–water partition coefficient (Wildman–Crippen LogP) is 3.39. The third-order valence-corrected chi connectivity index (χ3v) is 3.34. The SMILES string of the molecule is Cc1ccc(F)c2c1C(Br)CCN2. The van der Waals surface area contributed by atoms with E-state index in [2.05, 4.69) is 21.2 Å². The zero-order chi connectivity index (χ0) is 9.42. The molecule has 0 saturated heterocycles. The van der Waals surface area contributed by atoms with Gasteiger partial charge >= 0.3 is 0 Å². The molecular formula is C10H11BrFN. The molecule has 1 N–H and O–H groups in total. The fraction of sp³-hybridized carbons (Fsp3) is 0.400. The maximum absolute atomic E-state index is 13.3. The summed E-state index contributed by atoms with van der Waals surface area (Å²) >= 11 is 3.57. The number of benzene rings is 1. The van der Waals surface area contributed by atoms with Crippen molar-refractivity contribution in [3.05, 3.63) is 29.1 Å². The molecular weight excluding hydrogens is 233 g/mol. The Balaban J connectivity index is 2.60. The minimum atomic E-state index is -0.148. The van der Waals surface area contributed by atoms with E-state index in [0.717, 1.165) is 24.1 Å². The van der Waals surface area contributed by atoms with Crippen molar-refractivity contribution in [2.24, 2.45) is 0 Å². The van der Waals surface area contributed by atoms with Gasteiger partial charge in [-0.3, -0.25) is 0 Å². The highest BCUT2D eigenvalue weighted by atomic mass is 79.9. The van der Waals surface area contributed by atoms with Crippen LogP contribution in [0.15, 0.2) is 12.1 Å². The second-order valence-corrected chi connectivity index (χ2v) is 4.44. The predicted molar refractivity (Wildman–Crippen MR) is 55.9 cm³/mol. The monoisotopic (exact) mass is 243 g/mol. The molecule has 0 amide bonds. The van der Waals surface area contributed by atoms with Crippen LogP contribution >= 0.6 is 15.9 Å². The van der Waals surface area contributed by atoms with Gasteiger partial charge in [0.05, 0.1) is 5.69 Å². The van der Waals surface area contributed by atoms with Crippen LogP contribution in [0.25, 0.3) is 0 Å². The molecule has 13 heavy (non-hydrogen) atoms. The van der Waals surface area contributed by atoms with Gasteiger partial charge in [-0.15, -0.1) is 0 Å². The van der Waals surface area contributed by atoms with Crippen molar-refractivity contribution in [1.82, 2.24) is 0 Å². The van der Waals surface area contributed by atoms with Crippen LogP contribution < -0.4 is 5.32 Å². The van der Waals surface area contributed by atoms with Crippen LogP contribution in [0.4, 0.5) is 10.1 Å². The van der Waals surface area contributed by atoms with Crippen LogP contribution in [-0.2, 0) is 0 Å². The van der Waals surface area contributed by atoms with Crippen molar-refractivity contribution < 1.29 is 4.39 Å². The molecule has 1 aromatic carbocycles. The fourth-order valence-electron chi connectivity index (χ4n) is 1.75. The molecule has 3 heteroatoms. The van der Waals surface area contributed by atoms with Crippen molar-refractivity contribution in [3.63, 3.8) is 0 Å². The summed E-state index contributed by atoms with van der Waals surface area (Å²) in [4.78, 5) is 0.291. The topological polar surface area (TPSA) is 12.0 Å². The molecule has 1 aromatic rings. The Labute approximate surface area is 85.5 Å². The first-order valence-corrected chi connectivity index (χ1v) is 5.28. The molecule has 2 rings (SSSR count). The molecule has 1 aliphatic heterocycles. The van der Waals surface area contributed by atoms with Crippen LogP contribution in [0.5, 0.6) is 0 Å². The Morgan fingerprint density at radius 1 is 1.54 bits per heavy atom. The van der Waals surface area contributed by atoms with E-state index in [9.17, 15) is 4.39 Å². The standard InChI is InChI=1S/C10H11BrFN/c1-6-2-3-8(12)10-9(6)7(11)4-5-13-10/h2-3,7,13H,4-5H2,1H3. The third kappa shape index (κ3) is 1.46. The second kappa shape index (κ2) is 3.29. The van der Waals surface area contributed by atoms with Gasteiger partial charge in [-0.2, -0.15) is 0 Å². The minimum absolute atomic E-state index is 0.148. The van der Waals surface area contributed by atoms with E-state index in [1.54, 1.807) is 0 Å². The lowest BCUT2D eigenvalue weighted by atomic mass is 9.98. The molecule has 70 valence electrons. The first kappa shape index (κ1) is 9.00. The Morgan fingerprint density at radius 3 is 3.00 bits per heavy atom. The van der Waals surface area contributed by atoms with Crippen molar-refractivity contribution >= 4 is 21.6 Å². The van der Waals surface area contributed by atoms with Gasteiger partial charge in [0.1, 0.15) is 5.82 Å². The molecule has 1 nitrogen and oxygen atoms in total. The average Bonchev–Trinajstić information content (AvgIpc) is 2.12. The summed E-state index contributed by atoms with van der Waals surface area (Å²) in [6.07, 6.45) is 1.01. The maximum Gasteiger partial charge on any atom is 0.146 e. The molecule has 0 radical (unpaired) electrons. The number of anilines is 1.